The number of ether oxygens (including phenoxy) is 1. The summed E-state index contributed by atoms with van der Waals surface area (Å²) in [6.07, 6.45) is 0. The number of fused-ring (bicyclic) bond motifs is 1. The number of nitrogens with one attached hydrogen (secondary N) is 1. The van der Waals surface area contributed by atoms with E-state index >= 15 is 0 Å². The van der Waals surface area contributed by atoms with Crippen molar-refractivity contribution in [2.75, 3.05) is 7.11 Å². The van der Waals surface area contributed by atoms with Gasteiger partial charge >= 0.3 is 0 Å². The van der Waals surface area contributed by atoms with Gasteiger partial charge in [-0.1, -0.05) is 36.4 Å². The minimum atomic E-state index is -0.504. The normalized spacial score (nSPS) is 12.8. The van der Waals surface area contributed by atoms with E-state index < -0.39 is 6.04 Å². The predicted octanol–water partition coefficient (Wildman–Crippen LogP) is 5.13. The largest absolute Gasteiger partial charge is 0.497 e. The summed E-state index contributed by atoms with van der Waals surface area (Å²) in [5.74, 6) is 1.34. The van der Waals surface area contributed by atoms with Crippen molar-refractivity contribution in [3.05, 3.63) is 104 Å². The molecule has 1 atom stereocenters. The summed E-state index contributed by atoms with van der Waals surface area (Å²) in [4.78, 5) is 20.2. The zero-order valence-electron chi connectivity index (χ0n) is 21.4. The minimum Gasteiger partial charge on any atom is -0.497 e. The highest BCUT2D eigenvalue weighted by Gasteiger charge is 2.33. The first-order valence-corrected chi connectivity index (χ1v) is 13.0. The molecule has 1 N–H and O–H groups in total. The third kappa shape index (κ3) is 5.33. The van der Waals surface area contributed by atoms with Crippen molar-refractivity contribution < 1.29 is 4.74 Å². The fraction of sp³-hybridized carbons (Fsp3) is 0.286. The quantitative estimate of drug-likeness (QED) is 0.309. The van der Waals surface area contributed by atoms with E-state index in [4.69, 9.17) is 4.74 Å². The van der Waals surface area contributed by atoms with E-state index in [2.05, 4.69) is 69.8 Å². The number of thiophene rings is 1. The standard InChI is InChI=1S/C28H30N6O2S/c1-28(2,3)34-26(30-31-32-34)25(23-16-20-15-21(36-4)12-13-24(20)29-27(23)35)33(18-22-11-8-14-37-22)17-19-9-6-5-7-10-19/h5-16,25H,17-18H2,1-4H3,(H,29,35). The van der Waals surface area contributed by atoms with Gasteiger partial charge in [-0.15, -0.1) is 16.4 Å². The Hall–Kier alpha value is -3.82. The van der Waals surface area contributed by atoms with Gasteiger partial charge in [0.2, 0.25) is 0 Å². The van der Waals surface area contributed by atoms with E-state index in [1.165, 1.54) is 4.88 Å². The third-order valence-corrected chi connectivity index (χ3v) is 7.14. The summed E-state index contributed by atoms with van der Waals surface area (Å²) in [6.45, 7) is 7.40. The lowest BCUT2D eigenvalue weighted by atomic mass is 10.0. The van der Waals surface area contributed by atoms with Gasteiger partial charge < -0.3 is 9.72 Å². The van der Waals surface area contributed by atoms with Gasteiger partial charge in [-0.2, -0.15) is 0 Å². The molecular weight excluding hydrogens is 484 g/mol. The summed E-state index contributed by atoms with van der Waals surface area (Å²) in [5.41, 5.74) is 1.91. The summed E-state index contributed by atoms with van der Waals surface area (Å²) in [5, 5.41) is 15.8. The van der Waals surface area contributed by atoms with Crippen LogP contribution in [0, 0.1) is 0 Å². The monoisotopic (exact) mass is 514 g/mol. The first-order valence-electron chi connectivity index (χ1n) is 12.1. The number of nitrogens with zero attached hydrogens (tertiary/aromatic N) is 5. The number of pyridine rings is 1. The number of hydrogen-bond donors (Lipinski definition) is 1. The van der Waals surface area contributed by atoms with Crippen LogP contribution < -0.4 is 10.3 Å². The maximum absolute atomic E-state index is 13.7. The first-order chi connectivity index (χ1) is 17.8. The van der Waals surface area contributed by atoms with Gasteiger partial charge in [-0.25, -0.2) is 4.68 Å². The molecule has 8 nitrogen and oxygen atoms in total. The number of H-pyrrole nitrogens is 1. The van der Waals surface area contributed by atoms with E-state index in [1.807, 2.05) is 53.2 Å². The molecule has 0 aliphatic heterocycles. The third-order valence-electron chi connectivity index (χ3n) is 6.28. The molecule has 0 spiro atoms. The van der Waals surface area contributed by atoms with Crippen molar-refractivity contribution >= 4 is 22.2 Å². The fourth-order valence-corrected chi connectivity index (χ4v) is 5.26. The molecule has 5 aromatic rings. The number of hydrogen-bond acceptors (Lipinski definition) is 7. The Morgan fingerprint density at radius 1 is 1.05 bits per heavy atom. The Morgan fingerprint density at radius 3 is 2.57 bits per heavy atom. The van der Waals surface area contributed by atoms with Crippen molar-refractivity contribution in [3.63, 3.8) is 0 Å². The summed E-state index contributed by atoms with van der Waals surface area (Å²) < 4.78 is 7.27. The van der Waals surface area contributed by atoms with Crippen LogP contribution in [-0.4, -0.2) is 37.2 Å². The van der Waals surface area contributed by atoms with Crippen molar-refractivity contribution in [1.29, 1.82) is 0 Å². The Labute approximate surface area is 219 Å². The van der Waals surface area contributed by atoms with Crippen LogP contribution in [0.3, 0.4) is 0 Å². The molecule has 37 heavy (non-hydrogen) atoms. The molecule has 0 radical (unpaired) electrons. The molecule has 0 amide bonds. The Balaban J connectivity index is 1.73. The fourth-order valence-electron chi connectivity index (χ4n) is 4.53. The molecule has 0 bridgehead atoms. The van der Waals surface area contributed by atoms with Crippen molar-refractivity contribution in [2.45, 2.75) is 45.4 Å². The molecule has 0 aliphatic carbocycles. The molecule has 3 aromatic heterocycles. The molecule has 0 aliphatic rings. The van der Waals surface area contributed by atoms with Crippen LogP contribution in [0.4, 0.5) is 0 Å². The van der Waals surface area contributed by atoms with E-state index in [0.29, 0.717) is 24.5 Å². The SMILES string of the molecule is COc1ccc2[nH]c(=O)c(C(c3nnnn3C(C)(C)C)N(Cc3ccccc3)Cc3cccs3)cc2c1. The van der Waals surface area contributed by atoms with Gasteiger partial charge in [0, 0.05) is 34.4 Å². The summed E-state index contributed by atoms with van der Waals surface area (Å²) in [7, 11) is 1.64. The predicted molar refractivity (Wildman–Crippen MR) is 146 cm³/mol. The Bertz CT molecular complexity index is 1540. The van der Waals surface area contributed by atoms with E-state index in [1.54, 1.807) is 18.4 Å². The van der Waals surface area contributed by atoms with Crippen LogP contribution in [0.15, 0.2) is 76.9 Å². The maximum Gasteiger partial charge on any atom is 0.253 e. The van der Waals surface area contributed by atoms with Crippen LogP contribution in [0.1, 0.15) is 48.6 Å². The molecule has 0 saturated heterocycles. The van der Waals surface area contributed by atoms with E-state index in [9.17, 15) is 4.79 Å². The number of benzene rings is 2. The van der Waals surface area contributed by atoms with Crippen molar-refractivity contribution in [1.82, 2.24) is 30.1 Å². The second-order valence-electron chi connectivity index (χ2n) is 10.00. The van der Waals surface area contributed by atoms with Crippen LogP contribution in [-0.2, 0) is 18.6 Å². The molecule has 5 rings (SSSR count). The number of aromatic amines is 1. The van der Waals surface area contributed by atoms with Crippen molar-refractivity contribution in [2.24, 2.45) is 0 Å². The molecule has 3 heterocycles. The Morgan fingerprint density at radius 2 is 1.86 bits per heavy atom. The van der Waals surface area contributed by atoms with Crippen LogP contribution in [0.2, 0.25) is 0 Å². The van der Waals surface area contributed by atoms with Gasteiger partial charge in [0.05, 0.1) is 12.6 Å². The van der Waals surface area contributed by atoms with Crippen molar-refractivity contribution in [3.8, 4) is 5.75 Å². The molecule has 2 aromatic carbocycles. The average molecular weight is 515 g/mol. The lowest BCUT2D eigenvalue weighted by Gasteiger charge is -2.32. The molecule has 1 unspecified atom stereocenters. The average Bonchev–Trinajstić information content (AvgIpc) is 3.57. The molecule has 0 fully saturated rings. The Kier molecular flexibility index (Phi) is 6.90. The zero-order chi connectivity index (χ0) is 26.0. The number of aromatic nitrogens is 5. The zero-order valence-corrected chi connectivity index (χ0v) is 22.2. The van der Waals surface area contributed by atoms with E-state index in [-0.39, 0.29) is 11.1 Å². The van der Waals surface area contributed by atoms with Gasteiger partial charge in [0.15, 0.2) is 5.82 Å². The smallest absolute Gasteiger partial charge is 0.253 e. The van der Waals surface area contributed by atoms with Gasteiger partial charge in [0.25, 0.3) is 5.56 Å². The minimum absolute atomic E-state index is 0.171. The highest BCUT2D eigenvalue weighted by atomic mass is 32.1. The molecular formula is C28H30N6O2S. The second-order valence-corrected chi connectivity index (χ2v) is 11.0. The second kappa shape index (κ2) is 10.3. The molecule has 9 heteroatoms. The first kappa shape index (κ1) is 24.9. The number of methoxy groups -OCH3 is 1. The summed E-state index contributed by atoms with van der Waals surface area (Å²) >= 11 is 1.69. The van der Waals surface area contributed by atoms with E-state index in [0.717, 1.165) is 22.2 Å². The van der Waals surface area contributed by atoms with Crippen LogP contribution >= 0.6 is 11.3 Å². The molecule has 0 saturated carbocycles. The highest BCUT2D eigenvalue weighted by Crippen LogP contribution is 2.33. The number of tetrazole rings is 1. The van der Waals surface area contributed by atoms with Crippen LogP contribution in [0.25, 0.3) is 10.9 Å². The van der Waals surface area contributed by atoms with Crippen LogP contribution in [0.5, 0.6) is 5.75 Å². The highest BCUT2D eigenvalue weighted by molar-refractivity contribution is 7.09. The maximum atomic E-state index is 13.7. The molecule has 190 valence electrons. The van der Waals surface area contributed by atoms with Gasteiger partial charge in [-0.05, 0) is 72.5 Å². The lowest BCUT2D eigenvalue weighted by molar-refractivity contribution is 0.186. The topological polar surface area (TPSA) is 88.9 Å². The van der Waals surface area contributed by atoms with Gasteiger partial charge in [-0.3, -0.25) is 9.69 Å². The van der Waals surface area contributed by atoms with Gasteiger partial charge in [0.1, 0.15) is 11.8 Å². The lowest BCUT2D eigenvalue weighted by Crippen LogP contribution is -2.37. The summed E-state index contributed by atoms with van der Waals surface area (Å²) in [6, 6.07) is 21.5. The number of rotatable bonds is 8.